The molecule has 3 rings (SSSR count). The van der Waals surface area contributed by atoms with Crippen LogP contribution in [0, 0.1) is 11.3 Å². The molecule has 1 aromatic heterocycles. The van der Waals surface area contributed by atoms with Gasteiger partial charge in [0, 0.05) is 17.1 Å². The predicted octanol–water partition coefficient (Wildman–Crippen LogP) is 3.52. The van der Waals surface area contributed by atoms with Crippen molar-refractivity contribution in [2.24, 2.45) is 0 Å². The van der Waals surface area contributed by atoms with Crippen LogP contribution in [0.5, 0.6) is 0 Å². The zero-order valence-electron chi connectivity index (χ0n) is 13.6. The van der Waals surface area contributed by atoms with Gasteiger partial charge in [0.2, 0.25) is 0 Å². The molecular formula is C20H14N2O4. The van der Waals surface area contributed by atoms with Crippen LogP contribution in [0.4, 0.5) is 5.69 Å². The van der Waals surface area contributed by atoms with E-state index < -0.39 is 18.5 Å². The zero-order chi connectivity index (χ0) is 18.4. The van der Waals surface area contributed by atoms with E-state index in [4.69, 9.17) is 14.4 Å². The Balaban J connectivity index is 1.63. The van der Waals surface area contributed by atoms with Crippen molar-refractivity contribution in [1.29, 1.82) is 5.26 Å². The van der Waals surface area contributed by atoms with E-state index in [0.717, 1.165) is 10.8 Å². The van der Waals surface area contributed by atoms with E-state index in [9.17, 15) is 9.59 Å². The highest BCUT2D eigenvalue weighted by Gasteiger charge is 2.14. The molecule has 0 radical (unpaired) electrons. The topological polar surface area (TPSA) is 92.3 Å². The molecule has 0 unspecified atom stereocenters. The van der Waals surface area contributed by atoms with E-state index in [1.54, 1.807) is 24.3 Å². The maximum absolute atomic E-state index is 12.1. The van der Waals surface area contributed by atoms with Crippen molar-refractivity contribution in [3.05, 3.63) is 72.2 Å². The first kappa shape index (κ1) is 17.0. The third-order valence-corrected chi connectivity index (χ3v) is 3.57. The minimum atomic E-state index is -0.892. The quantitative estimate of drug-likeness (QED) is 0.433. The van der Waals surface area contributed by atoms with Crippen LogP contribution >= 0.6 is 0 Å². The Morgan fingerprint density at radius 2 is 1.92 bits per heavy atom. The number of carbonyl (C=O) groups is 2. The van der Waals surface area contributed by atoms with Crippen LogP contribution in [0.25, 0.3) is 16.8 Å². The van der Waals surface area contributed by atoms with Gasteiger partial charge in [-0.05, 0) is 23.6 Å². The smallest absolute Gasteiger partial charge is 0.349 e. The van der Waals surface area contributed by atoms with Gasteiger partial charge in [-0.2, -0.15) is 5.26 Å². The van der Waals surface area contributed by atoms with Crippen molar-refractivity contribution in [1.82, 2.24) is 0 Å². The summed E-state index contributed by atoms with van der Waals surface area (Å²) >= 11 is 0. The molecule has 3 aromatic rings. The van der Waals surface area contributed by atoms with Gasteiger partial charge in [-0.15, -0.1) is 0 Å². The van der Waals surface area contributed by atoms with Crippen LogP contribution < -0.4 is 5.32 Å². The first-order chi connectivity index (χ1) is 12.7. The lowest BCUT2D eigenvalue weighted by Gasteiger charge is -2.09. The van der Waals surface area contributed by atoms with Gasteiger partial charge in [0.1, 0.15) is 17.4 Å². The average Bonchev–Trinajstić information content (AvgIpc) is 3.18. The fourth-order valence-corrected chi connectivity index (χ4v) is 2.38. The number of hydrogen-bond acceptors (Lipinski definition) is 5. The van der Waals surface area contributed by atoms with Gasteiger partial charge in [0.05, 0.1) is 6.26 Å². The van der Waals surface area contributed by atoms with Crippen molar-refractivity contribution in [2.45, 2.75) is 0 Å². The van der Waals surface area contributed by atoms with E-state index >= 15 is 0 Å². The number of carbonyl (C=O) groups excluding carboxylic acids is 2. The monoisotopic (exact) mass is 346 g/mol. The van der Waals surface area contributed by atoms with E-state index in [1.165, 1.54) is 12.3 Å². The number of hydrogen-bond donors (Lipinski definition) is 1. The number of amides is 1. The Labute approximate surface area is 149 Å². The number of nitrogens with one attached hydrogen (secondary N) is 1. The largest absolute Gasteiger partial charge is 0.465 e. The Bertz CT molecular complexity index is 1010. The molecule has 6 heteroatoms. The Kier molecular flexibility index (Phi) is 5.11. The maximum atomic E-state index is 12.1. The lowest BCUT2D eigenvalue weighted by molar-refractivity contribution is -0.142. The first-order valence-electron chi connectivity index (χ1n) is 7.77. The predicted molar refractivity (Wildman–Crippen MR) is 95.8 cm³/mol. The number of anilines is 1. The minimum absolute atomic E-state index is 0.252. The molecule has 0 bridgehead atoms. The number of furan rings is 1. The third-order valence-electron chi connectivity index (χ3n) is 3.57. The van der Waals surface area contributed by atoms with Crippen LogP contribution in [0.1, 0.15) is 5.76 Å². The summed E-state index contributed by atoms with van der Waals surface area (Å²) in [6, 6.07) is 18.1. The van der Waals surface area contributed by atoms with Crippen LogP contribution in [0.15, 0.2) is 70.9 Å². The van der Waals surface area contributed by atoms with Crippen molar-refractivity contribution in [2.75, 3.05) is 11.9 Å². The molecule has 2 aromatic carbocycles. The number of esters is 1. The molecule has 0 fully saturated rings. The Morgan fingerprint density at radius 1 is 1.12 bits per heavy atom. The lowest BCUT2D eigenvalue weighted by Crippen LogP contribution is -2.21. The number of fused-ring (bicyclic) bond motifs is 1. The van der Waals surface area contributed by atoms with Crippen LogP contribution in [0.2, 0.25) is 0 Å². The number of nitrogens with zero attached hydrogens (tertiary/aromatic N) is 1. The van der Waals surface area contributed by atoms with E-state index in [-0.39, 0.29) is 5.57 Å². The normalized spacial score (nSPS) is 11.0. The van der Waals surface area contributed by atoms with Gasteiger partial charge in [-0.3, -0.25) is 4.79 Å². The van der Waals surface area contributed by atoms with E-state index in [0.29, 0.717) is 11.4 Å². The summed E-state index contributed by atoms with van der Waals surface area (Å²) in [5.41, 5.74) is 0.369. The van der Waals surface area contributed by atoms with Crippen molar-refractivity contribution in [3.8, 4) is 6.07 Å². The van der Waals surface area contributed by atoms with Gasteiger partial charge in [-0.25, -0.2) is 4.79 Å². The number of benzene rings is 2. The summed E-state index contributed by atoms with van der Waals surface area (Å²) in [5, 5.41) is 13.6. The number of ether oxygens (including phenoxy) is 1. The van der Waals surface area contributed by atoms with Gasteiger partial charge >= 0.3 is 5.97 Å². The van der Waals surface area contributed by atoms with Crippen molar-refractivity contribution < 1.29 is 18.7 Å². The molecule has 26 heavy (non-hydrogen) atoms. The Hall–Kier alpha value is -3.85. The van der Waals surface area contributed by atoms with E-state index in [2.05, 4.69) is 5.32 Å². The second-order valence-electron chi connectivity index (χ2n) is 5.34. The molecule has 0 aliphatic carbocycles. The molecule has 1 N–H and O–H groups in total. The maximum Gasteiger partial charge on any atom is 0.349 e. The van der Waals surface area contributed by atoms with Crippen LogP contribution in [-0.4, -0.2) is 18.5 Å². The fourth-order valence-electron chi connectivity index (χ4n) is 2.38. The van der Waals surface area contributed by atoms with Crippen molar-refractivity contribution in [3.63, 3.8) is 0 Å². The summed E-state index contributed by atoms with van der Waals surface area (Å²) < 4.78 is 9.95. The summed E-state index contributed by atoms with van der Waals surface area (Å²) in [6.45, 7) is -0.501. The standard InChI is InChI=1S/C20H14N2O4/c21-12-15(11-16-7-4-10-25-16)20(24)26-13-19(23)22-18-9-3-6-14-5-1-2-8-17(14)18/h1-11H,13H2,(H,22,23). The highest BCUT2D eigenvalue weighted by Crippen LogP contribution is 2.22. The lowest BCUT2D eigenvalue weighted by atomic mass is 10.1. The summed E-state index contributed by atoms with van der Waals surface area (Å²) in [5.74, 6) is -1.04. The summed E-state index contributed by atoms with van der Waals surface area (Å²) in [7, 11) is 0. The zero-order valence-corrected chi connectivity index (χ0v) is 13.6. The molecule has 1 heterocycles. The third kappa shape index (κ3) is 3.97. The molecule has 0 saturated heterocycles. The summed E-state index contributed by atoms with van der Waals surface area (Å²) in [4.78, 5) is 24.0. The van der Waals surface area contributed by atoms with Crippen LogP contribution in [-0.2, 0) is 14.3 Å². The first-order valence-corrected chi connectivity index (χ1v) is 7.77. The average molecular weight is 346 g/mol. The molecule has 0 aliphatic rings. The molecular weight excluding hydrogens is 332 g/mol. The second-order valence-corrected chi connectivity index (χ2v) is 5.34. The van der Waals surface area contributed by atoms with Gasteiger partial charge in [0.15, 0.2) is 6.61 Å². The van der Waals surface area contributed by atoms with Crippen LogP contribution in [0.3, 0.4) is 0 Å². The summed E-state index contributed by atoms with van der Waals surface area (Å²) in [6.07, 6.45) is 2.68. The van der Waals surface area contributed by atoms with E-state index in [1.807, 2.05) is 36.4 Å². The highest BCUT2D eigenvalue weighted by molar-refractivity contribution is 6.04. The van der Waals surface area contributed by atoms with Gasteiger partial charge in [-0.1, -0.05) is 36.4 Å². The molecule has 128 valence electrons. The molecule has 0 atom stereocenters. The van der Waals surface area contributed by atoms with Gasteiger partial charge in [0.25, 0.3) is 5.91 Å². The molecule has 0 spiro atoms. The molecule has 0 saturated carbocycles. The minimum Gasteiger partial charge on any atom is -0.465 e. The molecule has 6 nitrogen and oxygen atoms in total. The number of nitriles is 1. The second kappa shape index (κ2) is 7.81. The Morgan fingerprint density at radius 3 is 2.69 bits per heavy atom. The molecule has 1 amide bonds. The molecule has 0 aliphatic heterocycles. The number of rotatable bonds is 5. The SMILES string of the molecule is N#CC(=Cc1ccco1)C(=O)OCC(=O)Nc1cccc2ccccc12. The van der Waals surface area contributed by atoms with Crippen molar-refractivity contribution >= 4 is 34.4 Å². The fraction of sp³-hybridized carbons (Fsp3) is 0.0500. The van der Waals surface area contributed by atoms with Gasteiger partial charge < -0.3 is 14.5 Å². The highest BCUT2D eigenvalue weighted by atomic mass is 16.5.